The molecule has 124 valence electrons. The lowest BCUT2D eigenvalue weighted by atomic mass is 10.2. The molecule has 0 spiro atoms. The summed E-state index contributed by atoms with van der Waals surface area (Å²) in [6, 6.07) is 6.46. The van der Waals surface area contributed by atoms with Crippen LogP contribution in [0.1, 0.15) is 30.5 Å². The van der Waals surface area contributed by atoms with Gasteiger partial charge in [0.2, 0.25) is 11.0 Å². The van der Waals surface area contributed by atoms with E-state index >= 15 is 0 Å². The summed E-state index contributed by atoms with van der Waals surface area (Å²) in [4.78, 5) is 16.4. The lowest BCUT2D eigenvalue weighted by molar-refractivity contribution is -0.115. The van der Waals surface area contributed by atoms with Crippen molar-refractivity contribution in [1.29, 1.82) is 0 Å². The molecule has 2 heterocycles. The van der Waals surface area contributed by atoms with Crippen LogP contribution in [0.2, 0.25) is 0 Å². The molecule has 0 aliphatic carbocycles. The number of anilines is 1. The summed E-state index contributed by atoms with van der Waals surface area (Å²) < 4.78 is 13.8. The highest BCUT2D eigenvalue weighted by Crippen LogP contribution is 2.26. The van der Waals surface area contributed by atoms with Crippen molar-refractivity contribution in [2.75, 3.05) is 5.32 Å². The standard InChI is InChI=1S/C16H15FN4OS2/c1-9(2)14-20-21-16(24-14)19-13(22)7-10-8-23-15(18-10)11-5-3-4-6-12(11)17/h3-6,8-9H,7H2,1-2H3,(H,19,21,22). The fourth-order valence-corrected chi connectivity index (χ4v) is 3.60. The van der Waals surface area contributed by atoms with Crippen molar-refractivity contribution >= 4 is 33.7 Å². The zero-order chi connectivity index (χ0) is 17.1. The zero-order valence-corrected chi connectivity index (χ0v) is 14.7. The molecule has 1 N–H and O–H groups in total. The zero-order valence-electron chi connectivity index (χ0n) is 13.1. The summed E-state index contributed by atoms with van der Waals surface area (Å²) in [5, 5.41) is 14.4. The Labute approximate surface area is 146 Å². The molecule has 3 rings (SSSR count). The third-order valence-electron chi connectivity index (χ3n) is 3.18. The van der Waals surface area contributed by atoms with Gasteiger partial charge in [0.05, 0.1) is 12.1 Å². The van der Waals surface area contributed by atoms with Crippen LogP contribution >= 0.6 is 22.7 Å². The minimum Gasteiger partial charge on any atom is -0.300 e. The van der Waals surface area contributed by atoms with E-state index in [1.165, 1.54) is 28.7 Å². The number of benzene rings is 1. The monoisotopic (exact) mass is 362 g/mol. The van der Waals surface area contributed by atoms with Gasteiger partial charge in [0, 0.05) is 16.9 Å². The van der Waals surface area contributed by atoms with E-state index in [4.69, 9.17) is 0 Å². The molecule has 2 aromatic heterocycles. The largest absolute Gasteiger partial charge is 0.300 e. The van der Waals surface area contributed by atoms with Gasteiger partial charge in [-0.3, -0.25) is 4.79 Å². The topological polar surface area (TPSA) is 67.8 Å². The Kier molecular flexibility index (Phi) is 4.96. The Morgan fingerprint density at radius 2 is 2.08 bits per heavy atom. The maximum atomic E-state index is 13.8. The lowest BCUT2D eigenvalue weighted by Crippen LogP contribution is -2.14. The van der Waals surface area contributed by atoms with Gasteiger partial charge in [-0.15, -0.1) is 21.5 Å². The molecule has 1 aromatic carbocycles. The van der Waals surface area contributed by atoms with Gasteiger partial charge >= 0.3 is 0 Å². The first kappa shape index (κ1) is 16.7. The Bertz CT molecular complexity index is 859. The Morgan fingerprint density at radius 3 is 2.79 bits per heavy atom. The summed E-state index contributed by atoms with van der Waals surface area (Å²) in [5.74, 6) is -0.264. The Morgan fingerprint density at radius 1 is 1.29 bits per heavy atom. The first-order valence-corrected chi connectivity index (χ1v) is 9.05. The smallest absolute Gasteiger partial charge is 0.232 e. The fraction of sp³-hybridized carbons (Fsp3) is 0.250. The van der Waals surface area contributed by atoms with Crippen molar-refractivity contribution in [2.45, 2.75) is 26.2 Å². The second-order valence-electron chi connectivity index (χ2n) is 5.45. The number of carbonyl (C=O) groups is 1. The predicted molar refractivity (Wildman–Crippen MR) is 93.8 cm³/mol. The second-order valence-corrected chi connectivity index (χ2v) is 7.32. The molecular weight excluding hydrogens is 347 g/mol. The molecule has 0 atom stereocenters. The second kappa shape index (κ2) is 7.14. The van der Waals surface area contributed by atoms with Crippen molar-refractivity contribution < 1.29 is 9.18 Å². The maximum Gasteiger partial charge on any atom is 0.232 e. The van der Waals surface area contributed by atoms with Crippen LogP contribution in [0.4, 0.5) is 9.52 Å². The first-order valence-electron chi connectivity index (χ1n) is 7.35. The van der Waals surface area contributed by atoms with Crippen LogP contribution in [0, 0.1) is 5.82 Å². The number of nitrogens with one attached hydrogen (secondary N) is 1. The average Bonchev–Trinajstić information content (AvgIpc) is 3.17. The van der Waals surface area contributed by atoms with E-state index in [-0.39, 0.29) is 24.1 Å². The van der Waals surface area contributed by atoms with Crippen molar-refractivity contribution in [3.8, 4) is 10.6 Å². The summed E-state index contributed by atoms with van der Waals surface area (Å²) in [6.45, 7) is 4.04. The summed E-state index contributed by atoms with van der Waals surface area (Å²) >= 11 is 2.68. The Hall–Kier alpha value is -2.19. The van der Waals surface area contributed by atoms with Crippen LogP contribution in [0.25, 0.3) is 10.6 Å². The van der Waals surface area contributed by atoms with Crippen LogP contribution < -0.4 is 5.32 Å². The van der Waals surface area contributed by atoms with Gasteiger partial charge in [-0.1, -0.05) is 37.3 Å². The van der Waals surface area contributed by atoms with Crippen LogP contribution in [-0.4, -0.2) is 21.1 Å². The number of halogens is 1. The third-order valence-corrected chi connectivity index (χ3v) is 5.24. The van der Waals surface area contributed by atoms with Crippen molar-refractivity contribution in [1.82, 2.24) is 15.2 Å². The van der Waals surface area contributed by atoms with Gasteiger partial charge in [-0.05, 0) is 12.1 Å². The molecule has 0 aliphatic heterocycles. The van der Waals surface area contributed by atoms with Crippen molar-refractivity contribution in [3.05, 3.63) is 46.2 Å². The highest BCUT2D eigenvalue weighted by Gasteiger charge is 2.14. The lowest BCUT2D eigenvalue weighted by Gasteiger charge is -1.99. The van der Waals surface area contributed by atoms with Crippen LogP contribution in [0.5, 0.6) is 0 Å². The third kappa shape index (κ3) is 3.82. The van der Waals surface area contributed by atoms with Crippen molar-refractivity contribution in [2.24, 2.45) is 0 Å². The molecule has 0 saturated carbocycles. The minimum atomic E-state index is -0.321. The van der Waals surface area contributed by atoms with Crippen LogP contribution in [0.3, 0.4) is 0 Å². The molecule has 8 heteroatoms. The van der Waals surface area contributed by atoms with E-state index in [1.807, 2.05) is 13.8 Å². The Balaban J connectivity index is 1.66. The van der Waals surface area contributed by atoms with E-state index in [0.717, 1.165) is 5.01 Å². The maximum absolute atomic E-state index is 13.8. The minimum absolute atomic E-state index is 0.113. The predicted octanol–water partition coefficient (Wildman–Crippen LogP) is 4.11. The highest BCUT2D eigenvalue weighted by molar-refractivity contribution is 7.15. The van der Waals surface area contributed by atoms with Gasteiger partial charge in [0.1, 0.15) is 15.8 Å². The number of aromatic nitrogens is 3. The summed E-state index contributed by atoms with van der Waals surface area (Å²) in [7, 11) is 0. The SMILES string of the molecule is CC(C)c1nnc(NC(=O)Cc2csc(-c3ccccc3F)n2)s1. The van der Waals surface area contributed by atoms with E-state index in [2.05, 4.69) is 20.5 Å². The van der Waals surface area contributed by atoms with Gasteiger partial charge in [0.15, 0.2) is 0 Å². The number of hydrogen-bond donors (Lipinski definition) is 1. The number of rotatable bonds is 5. The van der Waals surface area contributed by atoms with E-state index in [1.54, 1.807) is 23.6 Å². The van der Waals surface area contributed by atoms with Crippen LogP contribution in [0.15, 0.2) is 29.6 Å². The summed E-state index contributed by atoms with van der Waals surface area (Å²) in [5.41, 5.74) is 1.05. The molecule has 1 amide bonds. The number of hydrogen-bond acceptors (Lipinski definition) is 6. The molecule has 24 heavy (non-hydrogen) atoms. The van der Waals surface area contributed by atoms with Crippen LogP contribution in [-0.2, 0) is 11.2 Å². The highest BCUT2D eigenvalue weighted by atomic mass is 32.1. The quantitative estimate of drug-likeness (QED) is 0.742. The van der Waals surface area contributed by atoms with Crippen molar-refractivity contribution in [3.63, 3.8) is 0 Å². The molecule has 0 fully saturated rings. The molecule has 0 unspecified atom stereocenters. The normalized spacial score (nSPS) is 11.0. The van der Waals surface area contributed by atoms with Gasteiger partial charge in [0.25, 0.3) is 0 Å². The molecule has 0 saturated heterocycles. The summed E-state index contributed by atoms with van der Waals surface area (Å²) in [6.07, 6.45) is 0.113. The number of thiazole rings is 1. The van der Waals surface area contributed by atoms with E-state index in [9.17, 15) is 9.18 Å². The van der Waals surface area contributed by atoms with Gasteiger partial charge in [-0.2, -0.15) is 0 Å². The molecule has 5 nitrogen and oxygen atoms in total. The van der Waals surface area contributed by atoms with E-state index in [0.29, 0.717) is 21.4 Å². The molecule has 0 bridgehead atoms. The molecule has 0 aliphatic rings. The van der Waals surface area contributed by atoms with E-state index < -0.39 is 0 Å². The number of nitrogens with zero attached hydrogens (tertiary/aromatic N) is 3. The molecular formula is C16H15FN4OS2. The molecule has 0 radical (unpaired) electrons. The van der Waals surface area contributed by atoms with Gasteiger partial charge < -0.3 is 5.32 Å². The molecule has 3 aromatic rings. The fourth-order valence-electron chi connectivity index (χ4n) is 1.99. The number of carbonyl (C=O) groups excluding carboxylic acids is 1. The number of amides is 1. The average molecular weight is 362 g/mol. The first-order chi connectivity index (χ1) is 11.5. The van der Waals surface area contributed by atoms with Gasteiger partial charge in [-0.25, -0.2) is 9.37 Å².